The summed E-state index contributed by atoms with van der Waals surface area (Å²) in [5.41, 5.74) is 3.82. The number of allylic oxidation sites excluding steroid dienone is 1. The van der Waals surface area contributed by atoms with Crippen molar-refractivity contribution in [1.82, 2.24) is 4.90 Å². The zero-order valence-corrected chi connectivity index (χ0v) is 23.5. The number of hydrogen-bond acceptors (Lipinski definition) is 8. The molecule has 0 bridgehead atoms. The topological polar surface area (TPSA) is 84.5 Å². The molecule has 2 unspecified atom stereocenters. The van der Waals surface area contributed by atoms with Crippen LogP contribution in [-0.4, -0.2) is 35.1 Å². The average molecular weight is 565 g/mol. The van der Waals surface area contributed by atoms with Gasteiger partial charge in [0.2, 0.25) is 0 Å². The van der Waals surface area contributed by atoms with Crippen LogP contribution in [0.25, 0.3) is 17.0 Å². The van der Waals surface area contributed by atoms with Crippen molar-refractivity contribution >= 4 is 34.0 Å². The van der Waals surface area contributed by atoms with E-state index in [1.54, 1.807) is 26.4 Å². The van der Waals surface area contributed by atoms with Gasteiger partial charge in [0.25, 0.3) is 0 Å². The molecule has 7 nitrogen and oxygen atoms in total. The van der Waals surface area contributed by atoms with Crippen LogP contribution < -0.4 is 15.1 Å². The Balaban J connectivity index is 1.37. The molecule has 1 N–H and O–H groups in total. The SMILES string of the molecule is COc1ccc(/C=C2\CCC3=C2N=C2SCC(O)(c4cc5ccccc5oc4=O)N2C3c2ccc(OC)cc2)cc1. The van der Waals surface area contributed by atoms with E-state index >= 15 is 0 Å². The Labute approximate surface area is 241 Å². The van der Waals surface area contributed by atoms with Crippen molar-refractivity contribution in [2.45, 2.75) is 24.6 Å². The molecular weight excluding hydrogens is 536 g/mol. The van der Waals surface area contributed by atoms with Gasteiger partial charge in [-0.1, -0.05) is 54.2 Å². The predicted molar refractivity (Wildman–Crippen MR) is 161 cm³/mol. The molecule has 3 aromatic carbocycles. The fraction of sp³-hybridized carbons (Fsp3) is 0.212. The number of aliphatic hydroxyl groups is 1. The Morgan fingerprint density at radius 1 is 1.00 bits per heavy atom. The maximum Gasteiger partial charge on any atom is 0.344 e. The van der Waals surface area contributed by atoms with E-state index in [0.29, 0.717) is 10.8 Å². The van der Waals surface area contributed by atoms with Crippen LogP contribution >= 0.6 is 11.8 Å². The van der Waals surface area contributed by atoms with Crippen molar-refractivity contribution < 1.29 is 19.0 Å². The molecule has 2 atom stereocenters. The lowest BCUT2D eigenvalue weighted by Gasteiger charge is -2.42. The van der Waals surface area contributed by atoms with E-state index in [1.165, 1.54) is 11.8 Å². The largest absolute Gasteiger partial charge is 0.497 e. The number of amidine groups is 1. The third-order valence-electron chi connectivity index (χ3n) is 8.04. The van der Waals surface area contributed by atoms with Crippen molar-refractivity contribution in [3.63, 3.8) is 0 Å². The van der Waals surface area contributed by atoms with Crippen molar-refractivity contribution in [3.05, 3.63) is 123 Å². The van der Waals surface area contributed by atoms with Gasteiger partial charge in [0, 0.05) is 5.39 Å². The Morgan fingerprint density at radius 3 is 2.44 bits per heavy atom. The Morgan fingerprint density at radius 2 is 1.71 bits per heavy atom. The summed E-state index contributed by atoms with van der Waals surface area (Å²) in [7, 11) is 3.30. The minimum atomic E-state index is -1.61. The zero-order valence-electron chi connectivity index (χ0n) is 22.7. The van der Waals surface area contributed by atoms with Crippen molar-refractivity contribution in [2.24, 2.45) is 4.99 Å². The minimum absolute atomic E-state index is 0.212. The van der Waals surface area contributed by atoms with Gasteiger partial charge in [0.15, 0.2) is 10.9 Å². The number of hydrogen-bond donors (Lipinski definition) is 1. The van der Waals surface area contributed by atoms with Gasteiger partial charge in [0.1, 0.15) is 17.1 Å². The summed E-state index contributed by atoms with van der Waals surface area (Å²) in [6.07, 6.45) is 3.79. The number of methoxy groups -OCH3 is 2. The molecule has 1 saturated heterocycles. The predicted octanol–water partition coefficient (Wildman–Crippen LogP) is 6.25. The summed E-state index contributed by atoms with van der Waals surface area (Å²) in [5, 5.41) is 13.8. The smallest absolute Gasteiger partial charge is 0.344 e. The van der Waals surface area contributed by atoms with Gasteiger partial charge in [-0.15, -0.1) is 0 Å². The molecule has 0 saturated carbocycles. The standard InChI is InChI=1S/C33H28N2O5S/c1-38-24-12-7-20(8-13-24)17-23-11-16-26-29(23)34-32-35(30(26)21-9-14-25(39-2)15-10-21)33(37,19-41-32)27-18-22-5-3-4-6-28(22)40-31(27)36/h3-10,12-15,17-18,30,37H,11,16,19H2,1-2H3/b23-17+. The van der Waals surface area contributed by atoms with Gasteiger partial charge in [0.05, 0.1) is 37.3 Å². The number of benzene rings is 3. The first kappa shape index (κ1) is 25.7. The number of ether oxygens (including phenoxy) is 2. The van der Waals surface area contributed by atoms with Gasteiger partial charge in [-0.25, -0.2) is 9.79 Å². The monoisotopic (exact) mass is 564 g/mol. The fourth-order valence-corrected chi connectivity index (χ4v) is 7.15. The van der Waals surface area contributed by atoms with E-state index in [9.17, 15) is 9.90 Å². The highest BCUT2D eigenvalue weighted by atomic mass is 32.2. The minimum Gasteiger partial charge on any atom is -0.497 e. The number of para-hydroxylation sites is 1. The molecule has 3 heterocycles. The van der Waals surface area contributed by atoms with E-state index in [1.807, 2.05) is 71.6 Å². The van der Waals surface area contributed by atoms with Gasteiger partial charge < -0.3 is 23.9 Å². The second kappa shape index (κ2) is 9.98. The summed E-state index contributed by atoms with van der Waals surface area (Å²) >= 11 is 1.45. The number of fused-ring (bicyclic) bond motifs is 2. The normalized spacial score (nSPS) is 22.6. The summed E-state index contributed by atoms with van der Waals surface area (Å²) in [6, 6.07) is 24.7. The molecule has 206 valence electrons. The van der Waals surface area contributed by atoms with Crippen molar-refractivity contribution in [1.29, 1.82) is 0 Å². The lowest BCUT2D eigenvalue weighted by Crippen LogP contribution is -2.50. The fourth-order valence-electron chi connectivity index (χ4n) is 5.97. The molecule has 0 spiro atoms. The molecule has 3 aliphatic rings. The van der Waals surface area contributed by atoms with Crippen molar-refractivity contribution in [2.75, 3.05) is 20.0 Å². The molecule has 8 heteroatoms. The maximum atomic E-state index is 13.3. The highest BCUT2D eigenvalue weighted by molar-refractivity contribution is 8.14. The molecule has 0 radical (unpaired) electrons. The molecule has 1 aliphatic carbocycles. The second-order valence-electron chi connectivity index (χ2n) is 10.3. The first-order valence-electron chi connectivity index (χ1n) is 13.5. The highest BCUT2D eigenvalue weighted by Crippen LogP contribution is 2.54. The van der Waals surface area contributed by atoms with Crippen molar-refractivity contribution in [3.8, 4) is 11.5 Å². The number of nitrogens with zero attached hydrogens (tertiary/aromatic N) is 2. The summed E-state index contributed by atoms with van der Waals surface area (Å²) < 4.78 is 16.4. The Bertz CT molecular complexity index is 1810. The van der Waals surface area contributed by atoms with Gasteiger partial charge >= 0.3 is 5.63 Å². The number of rotatable bonds is 5. The van der Waals surface area contributed by atoms with E-state index in [0.717, 1.165) is 57.7 Å². The Hall–Kier alpha value is -4.27. The lowest BCUT2D eigenvalue weighted by molar-refractivity contribution is -0.0659. The molecule has 0 amide bonds. The van der Waals surface area contributed by atoms with Crippen LogP contribution in [0, 0.1) is 0 Å². The molecule has 4 aromatic rings. The highest BCUT2D eigenvalue weighted by Gasteiger charge is 2.53. The van der Waals surface area contributed by atoms with Crippen LogP contribution in [0.1, 0.15) is 35.6 Å². The average Bonchev–Trinajstić information content (AvgIpc) is 3.57. The zero-order chi connectivity index (χ0) is 28.1. The van der Waals surface area contributed by atoms with E-state index in [-0.39, 0.29) is 17.4 Å². The molecule has 1 fully saturated rings. The van der Waals surface area contributed by atoms with Crippen LogP contribution in [0.4, 0.5) is 0 Å². The number of thioether (sulfide) groups is 1. The van der Waals surface area contributed by atoms with Gasteiger partial charge in [-0.2, -0.15) is 0 Å². The summed E-state index contributed by atoms with van der Waals surface area (Å²) in [6.45, 7) is 0. The molecule has 1 aromatic heterocycles. The van der Waals surface area contributed by atoms with Gasteiger partial charge in [-0.3, -0.25) is 0 Å². The lowest BCUT2D eigenvalue weighted by atomic mass is 9.91. The van der Waals surface area contributed by atoms with Crippen LogP contribution in [0.15, 0.2) is 110 Å². The molecular formula is C33H28N2O5S. The first-order chi connectivity index (χ1) is 20.0. The maximum absolute atomic E-state index is 13.3. The van der Waals surface area contributed by atoms with Crippen LogP contribution in [0.2, 0.25) is 0 Å². The quantitative estimate of drug-likeness (QED) is 0.287. The van der Waals surface area contributed by atoms with Gasteiger partial charge in [-0.05, 0) is 77.6 Å². The summed E-state index contributed by atoms with van der Waals surface area (Å²) in [4.78, 5) is 20.3. The molecule has 41 heavy (non-hydrogen) atoms. The van der Waals surface area contributed by atoms with Crippen LogP contribution in [-0.2, 0) is 5.72 Å². The Kier molecular flexibility index (Phi) is 6.25. The first-order valence-corrected chi connectivity index (χ1v) is 14.5. The van der Waals surface area contributed by atoms with Crippen LogP contribution in [0.5, 0.6) is 11.5 Å². The van der Waals surface area contributed by atoms with Crippen LogP contribution in [0.3, 0.4) is 0 Å². The third kappa shape index (κ3) is 4.26. The van der Waals surface area contributed by atoms with E-state index < -0.39 is 11.4 Å². The third-order valence-corrected chi connectivity index (χ3v) is 9.13. The van der Waals surface area contributed by atoms with E-state index in [2.05, 4.69) is 6.08 Å². The second-order valence-corrected chi connectivity index (χ2v) is 11.3. The molecule has 7 rings (SSSR count). The summed E-state index contributed by atoms with van der Waals surface area (Å²) in [5.74, 6) is 1.81. The van der Waals surface area contributed by atoms with E-state index in [4.69, 9.17) is 18.9 Å². The molecule has 2 aliphatic heterocycles. The number of aliphatic imine (C=N–C) groups is 1.